The van der Waals surface area contributed by atoms with Gasteiger partial charge in [-0.05, 0) is 30.2 Å². The van der Waals surface area contributed by atoms with Crippen molar-refractivity contribution in [1.82, 2.24) is 16.0 Å². The molecule has 2 atom stereocenters. The van der Waals surface area contributed by atoms with Gasteiger partial charge in [0.1, 0.15) is 0 Å². The van der Waals surface area contributed by atoms with Crippen LogP contribution in [0.2, 0.25) is 0 Å². The van der Waals surface area contributed by atoms with Gasteiger partial charge in [0.15, 0.2) is 0 Å². The third-order valence-corrected chi connectivity index (χ3v) is 4.93. The molecule has 0 bridgehead atoms. The van der Waals surface area contributed by atoms with E-state index >= 15 is 0 Å². The predicted molar refractivity (Wildman–Crippen MR) is 89.2 cm³/mol. The Morgan fingerprint density at radius 3 is 2.57 bits per heavy atom. The first kappa shape index (κ1) is 17.5. The van der Waals surface area contributed by atoms with Crippen molar-refractivity contribution >= 4 is 29.1 Å². The second-order valence-corrected chi connectivity index (χ2v) is 6.82. The fraction of sp³-hybridized carbons (Fsp3) is 0.562. The van der Waals surface area contributed by atoms with Crippen molar-refractivity contribution in [3.8, 4) is 0 Å². The lowest BCUT2D eigenvalue weighted by atomic mass is 9.86. The molecule has 0 aromatic carbocycles. The molecular weight excluding hydrogens is 314 g/mol. The molecule has 1 aliphatic carbocycles. The van der Waals surface area contributed by atoms with Crippen molar-refractivity contribution in [2.45, 2.75) is 38.6 Å². The number of hydrogen-bond acceptors (Lipinski definition) is 4. The molecule has 6 nitrogen and oxygen atoms in total. The topological polar surface area (TPSA) is 87.3 Å². The average Bonchev–Trinajstić information content (AvgIpc) is 3.07. The molecule has 1 aromatic heterocycles. The number of rotatable bonds is 6. The predicted octanol–water partition coefficient (Wildman–Crippen LogP) is 1.29. The van der Waals surface area contributed by atoms with E-state index in [1.54, 1.807) is 17.5 Å². The third-order valence-electron chi connectivity index (χ3n) is 4.06. The first-order chi connectivity index (χ1) is 11.1. The second kappa shape index (κ2) is 8.67. The van der Waals surface area contributed by atoms with Gasteiger partial charge < -0.3 is 16.0 Å². The zero-order valence-corrected chi connectivity index (χ0v) is 14.1. The Morgan fingerprint density at radius 1 is 1.13 bits per heavy atom. The zero-order valence-electron chi connectivity index (χ0n) is 13.3. The quantitative estimate of drug-likeness (QED) is 0.731. The van der Waals surface area contributed by atoms with Crippen LogP contribution in [0.25, 0.3) is 0 Å². The highest BCUT2D eigenvalue weighted by molar-refractivity contribution is 7.12. The monoisotopic (exact) mass is 337 g/mol. The van der Waals surface area contributed by atoms with Crippen molar-refractivity contribution < 1.29 is 14.4 Å². The summed E-state index contributed by atoms with van der Waals surface area (Å²) in [6, 6.07) is 3.67. The molecule has 1 heterocycles. The number of thiophene rings is 1. The fourth-order valence-corrected chi connectivity index (χ4v) is 3.33. The maximum atomic E-state index is 11.9. The Kier molecular flexibility index (Phi) is 6.58. The van der Waals surface area contributed by atoms with Gasteiger partial charge in [-0.1, -0.05) is 25.8 Å². The average molecular weight is 337 g/mol. The Hall–Kier alpha value is -1.89. The summed E-state index contributed by atoms with van der Waals surface area (Å²) in [7, 11) is 0. The smallest absolute Gasteiger partial charge is 0.261 e. The number of amides is 3. The first-order valence-electron chi connectivity index (χ1n) is 7.94. The van der Waals surface area contributed by atoms with Crippen molar-refractivity contribution in [2.75, 3.05) is 13.1 Å². The van der Waals surface area contributed by atoms with E-state index < -0.39 is 0 Å². The van der Waals surface area contributed by atoms with Gasteiger partial charge in [0.25, 0.3) is 5.91 Å². The Morgan fingerprint density at radius 2 is 1.87 bits per heavy atom. The van der Waals surface area contributed by atoms with E-state index in [9.17, 15) is 14.4 Å². The molecule has 0 radical (unpaired) electrons. The van der Waals surface area contributed by atoms with Crippen LogP contribution in [0.5, 0.6) is 0 Å². The van der Waals surface area contributed by atoms with Gasteiger partial charge in [0.2, 0.25) is 11.8 Å². The SMILES string of the molecule is C[C@@H]1CCCC[C@H]1NC(=O)CNC(=O)CNC(=O)c1cccs1. The minimum absolute atomic E-state index is 0.0586. The second-order valence-electron chi connectivity index (χ2n) is 5.87. The number of carbonyl (C=O) groups is 3. The van der Waals surface area contributed by atoms with Gasteiger partial charge in [0.05, 0.1) is 18.0 Å². The molecule has 0 aliphatic heterocycles. The van der Waals surface area contributed by atoms with E-state index in [1.165, 1.54) is 17.8 Å². The summed E-state index contributed by atoms with van der Waals surface area (Å²) in [6.07, 6.45) is 4.48. The third kappa shape index (κ3) is 5.67. The summed E-state index contributed by atoms with van der Waals surface area (Å²) in [4.78, 5) is 35.8. The van der Waals surface area contributed by atoms with E-state index in [-0.39, 0.29) is 36.9 Å². The normalized spacial score (nSPS) is 20.6. The highest BCUT2D eigenvalue weighted by Crippen LogP contribution is 2.23. The molecule has 0 spiro atoms. The summed E-state index contributed by atoms with van der Waals surface area (Å²) < 4.78 is 0. The lowest BCUT2D eigenvalue weighted by Gasteiger charge is -2.29. The molecule has 1 aliphatic rings. The molecule has 126 valence electrons. The molecule has 3 N–H and O–H groups in total. The van der Waals surface area contributed by atoms with E-state index in [4.69, 9.17) is 0 Å². The van der Waals surface area contributed by atoms with Crippen LogP contribution in [0.4, 0.5) is 0 Å². The van der Waals surface area contributed by atoms with E-state index in [0.717, 1.165) is 19.3 Å². The van der Waals surface area contributed by atoms with Gasteiger partial charge in [-0.3, -0.25) is 14.4 Å². The van der Waals surface area contributed by atoms with Gasteiger partial charge in [0, 0.05) is 6.04 Å². The van der Waals surface area contributed by atoms with Gasteiger partial charge in [-0.15, -0.1) is 11.3 Å². The van der Waals surface area contributed by atoms with E-state index in [2.05, 4.69) is 22.9 Å². The molecular formula is C16H23N3O3S. The molecule has 23 heavy (non-hydrogen) atoms. The van der Waals surface area contributed by atoms with Crippen LogP contribution in [0, 0.1) is 5.92 Å². The van der Waals surface area contributed by atoms with Gasteiger partial charge >= 0.3 is 0 Å². The molecule has 1 fully saturated rings. The van der Waals surface area contributed by atoms with Crippen LogP contribution in [0.1, 0.15) is 42.3 Å². The number of nitrogens with one attached hydrogen (secondary N) is 3. The highest BCUT2D eigenvalue weighted by Gasteiger charge is 2.22. The Labute approximate surface area is 140 Å². The van der Waals surface area contributed by atoms with E-state index in [1.807, 2.05) is 0 Å². The summed E-state index contributed by atoms with van der Waals surface area (Å²) in [5.74, 6) is -0.354. The van der Waals surface area contributed by atoms with E-state index in [0.29, 0.717) is 10.8 Å². The van der Waals surface area contributed by atoms with Crippen LogP contribution in [-0.4, -0.2) is 36.9 Å². The molecule has 1 aromatic rings. The summed E-state index contributed by atoms with van der Waals surface area (Å²) in [6.45, 7) is 1.95. The lowest BCUT2D eigenvalue weighted by Crippen LogP contribution is -2.47. The Balaban J connectivity index is 1.63. The van der Waals surface area contributed by atoms with Gasteiger partial charge in [-0.2, -0.15) is 0 Å². The number of carbonyl (C=O) groups excluding carboxylic acids is 3. The van der Waals surface area contributed by atoms with Crippen LogP contribution >= 0.6 is 11.3 Å². The zero-order chi connectivity index (χ0) is 16.7. The lowest BCUT2D eigenvalue weighted by molar-refractivity contribution is -0.126. The fourth-order valence-electron chi connectivity index (χ4n) is 2.69. The summed E-state index contributed by atoms with van der Waals surface area (Å²) in [5, 5.41) is 9.82. The highest BCUT2D eigenvalue weighted by atomic mass is 32.1. The number of hydrogen-bond donors (Lipinski definition) is 3. The van der Waals surface area contributed by atoms with Crippen LogP contribution in [0.3, 0.4) is 0 Å². The Bertz CT molecular complexity index is 545. The summed E-state index contributed by atoms with van der Waals surface area (Å²) >= 11 is 1.31. The van der Waals surface area contributed by atoms with Gasteiger partial charge in [-0.25, -0.2) is 0 Å². The molecule has 1 saturated carbocycles. The van der Waals surface area contributed by atoms with Crippen LogP contribution < -0.4 is 16.0 Å². The minimum Gasteiger partial charge on any atom is -0.352 e. The minimum atomic E-state index is -0.373. The largest absolute Gasteiger partial charge is 0.352 e. The molecule has 2 rings (SSSR count). The van der Waals surface area contributed by atoms with Crippen LogP contribution in [-0.2, 0) is 9.59 Å². The molecule has 0 saturated heterocycles. The maximum Gasteiger partial charge on any atom is 0.261 e. The molecule has 7 heteroatoms. The first-order valence-corrected chi connectivity index (χ1v) is 8.82. The summed E-state index contributed by atoms with van der Waals surface area (Å²) in [5.41, 5.74) is 0. The molecule has 0 unspecified atom stereocenters. The maximum absolute atomic E-state index is 11.9. The van der Waals surface area contributed by atoms with Crippen molar-refractivity contribution in [2.24, 2.45) is 5.92 Å². The standard InChI is InChI=1S/C16H23N3O3S/c1-11-5-2-3-6-12(11)19-15(21)10-17-14(20)9-18-16(22)13-7-4-8-23-13/h4,7-8,11-12H,2-3,5-6,9-10H2,1H3,(H,17,20)(H,18,22)(H,19,21)/t11-,12-/m1/s1. The van der Waals surface area contributed by atoms with Crippen molar-refractivity contribution in [3.05, 3.63) is 22.4 Å². The van der Waals surface area contributed by atoms with Crippen LogP contribution in [0.15, 0.2) is 17.5 Å². The van der Waals surface area contributed by atoms with Crippen molar-refractivity contribution in [1.29, 1.82) is 0 Å². The molecule has 3 amide bonds. The van der Waals surface area contributed by atoms with Crippen molar-refractivity contribution in [3.63, 3.8) is 0 Å².